The van der Waals surface area contributed by atoms with Crippen molar-refractivity contribution in [2.24, 2.45) is 0 Å². The standard InChI is InChI=1S/C20H32N2O3/c1-15-12-22(13-16(2)25-15)18-8-10-21(11-9-18)14-17-6-5-7-19(23-3)20(17)24-4/h5-7,15-16,18H,8-14H2,1-4H3/p+2/t15-,16+. The number of ether oxygens (including phenoxy) is 3. The molecule has 25 heavy (non-hydrogen) atoms. The van der Waals surface area contributed by atoms with Crippen LogP contribution in [0, 0.1) is 0 Å². The molecule has 2 aliphatic heterocycles. The molecule has 0 radical (unpaired) electrons. The highest BCUT2D eigenvalue weighted by molar-refractivity contribution is 5.46. The fourth-order valence-corrected chi connectivity index (χ4v) is 4.62. The van der Waals surface area contributed by atoms with Crippen molar-refractivity contribution in [3.63, 3.8) is 0 Å². The second-order valence-electron chi connectivity index (χ2n) is 7.68. The van der Waals surface area contributed by atoms with Crippen LogP contribution in [0.5, 0.6) is 11.5 Å². The van der Waals surface area contributed by atoms with Gasteiger partial charge in [0.15, 0.2) is 11.5 Å². The van der Waals surface area contributed by atoms with E-state index in [-0.39, 0.29) is 0 Å². The fraction of sp³-hybridized carbons (Fsp3) is 0.700. The summed E-state index contributed by atoms with van der Waals surface area (Å²) in [7, 11) is 3.43. The largest absolute Gasteiger partial charge is 0.493 e. The summed E-state index contributed by atoms with van der Waals surface area (Å²) < 4.78 is 16.9. The Morgan fingerprint density at radius 2 is 1.72 bits per heavy atom. The van der Waals surface area contributed by atoms with Crippen molar-refractivity contribution in [3.05, 3.63) is 23.8 Å². The van der Waals surface area contributed by atoms with Gasteiger partial charge in [-0.05, 0) is 26.0 Å². The van der Waals surface area contributed by atoms with E-state index in [1.54, 1.807) is 24.0 Å². The molecule has 5 heteroatoms. The average Bonchev–Trinajstić information content (AvgIpc) is 2.61. The van der Waals surface area contributed by atoms with Crippen molar-refractivity contribution in [2.45, 2.75) is 51.5 Å². The number of likely N-dealkylation sites (tertiary alicyclic amines) is 1. The SMILES string of the molecule is COc1cccc(C[NH+]2CCC([NH+]3C[C@@H](C)O[C@@H](C)C3)CC2)c1OC. The molecule has 5 nitrogen and oxygen atoms in total. The summed E-state index contributed by atoms with van der Waals surface area (Å²) in [6.07, 6.45) is 3.39. The monoisotopic (exact) mass is 350 g/mol. The van der Waals surface area contributed by atoms with E-state index in [2.05, 4.69) is 26.0 Å². The maximum atomic E-state index is 5.90. The Morgan fingerprint density at radius 1 is 1.04 bits per heavy atom. The van der Waals surface area contributed by atoms with E-state index in [9.17, 15) is 0 Å². The number of hydrogen-bond acceptors (Lipinski definition) is 3. The van der Waals surface area contributed by atoms with Crippen LogP contribution in [-0.4, -0.2) is 58.6 Å². The van der Waals surface area contributed by atoms with E-state index in [0.29, 0.717) is 12.2 Å². The molecule has 0 spiro atoms. The number of piperidine rings is 1. The summed E-state index contributed by atoms with van der Waals surface area (Å²) >= 11 is 0. The molecular weight excluding hydrogens is 316 g/mol. The summed E-state index contributed by atoms with van der Waals surface area (Å²) in [6, 6.07) is 6.99. The molecule has 0 aliphatic carbocycles. The van der Waals surface area contributed by atoms with Gasteiger partial charge in [-0.25, -0.2) is 0 Å². The molecule has 1 aromatic rings. The van der Waals surface area contributed by atoms with Crippen LogP contribution >= 0.6 is 0 Å². The lowest BCUT2D eigenvalue weighted by Gasteiger charge is -2.39. The van der Waals surface area contributed by atoms with Crippen molar-refractivity contribution in [1.82, 2.24) is 0 Å². The lowest BCUT2D eigenvalue weighted by molar-refractivity contribution is -0.970. The van der Waals surface area contributed by atoms with E-state index in [1.165, 1.54) is 31.5 Å². The first kappa shape index (κ1) is 18.5. The third-order valence-electron chi connectivity index (χ3n) is 5.76. The Hall–Kier alpha value is -1.30. The van der Waals surface area contributed by atoms with Crippen LogP contribution in [-0.2, 0) is 11.3 Å². The minimum atomic E-state index is 0.394. The number of nitrogens with one attached hydrogen (secondary N) is 2. The van der Waals surface area contributed by atoms with Gasteiger partial charge in [-0.15, -0.1) is 0 Å². The number of quaternary nitrogens is 2. The predicted molar refractivity (Wildman–Crippen MR) is 97.7 cm³/mol. The van der Waals surface area contributed by atoms with E-state index in [0.717, 1.165) is 37.2 Å². The zero-order valence-electron chi connectivity index (χ0n) is 16.1. The van der Waals surface area contributed by atoms with Crippen LogP contribution in [0.25, 0.3) is 0 Å². The van der Waals surface area contributed by atoms with Gasteiger partial charge in [0.05, 0.1) is 38.9 Å². The number of benzene rings is 1. The second kappa shape index (κ2) is 8.39. The number of morpholine rings is 1. The van der Waals surface area contributed by atoms with Crippen LogP contribution in [0.4, 0.5) is 0 Å². The normalized spacial score (nSPS) is 33.0. The lowest BCUT2D eigenvalue weighted by Crippen LogP contribution is -3.22. The van der Waals surface area contributed by atoms with Crippen molar-refractivity contribution < 1.29 is 24.0 Å². The summed E-state index contributed by atoms with van der Waals surface area (Å²) in [5.41, 5.74) is 1.25. The molecule has 0 saturated carbocycles. The molecule has 1 unspecified atom stereocenters. The Balaban J connectivity index is 1.56. The zero-order chi connectivity index (χ0) is 17.8. The lowest BCUT2D eigenvalue weighted by atomic mass is 10.0. The number of para-hydroxylation sites is 1. The third kappa shape index (κ3) is 4.46. The van der Waals surface area contributed by atoms with Crippen molar-refractivity contribution in [3.8, 4) is 11.5 Å². The maximum absolute atomic E-state index is 5.90. The first-order chi connectivity index (χ1) is 12.1. The molecule has 2 heterocycles. The average molecular weight is 351 g/mol. The highest BCUT2D eigenvalue weighted by Gasteiger charge is 2.35. The van der Waals surface area contributed by atoms with E-state index >= 15 is 0 Å². The van der Waals surface area contributed by atoms with Gasteiger partial charge in [0.25, 0.3) is 0 Å². The molecule has 0 amide bonds. The molecule has 2 fully saturated rings. The van der Waals surface area contributed by atoms with Gasteiger partial charge >= 0.3 is 0 Å². The van der Waals surface area contributed by atoms with Crippen LogP contribution in [0.15, 0.2) is 18.2 Å². The van der Waals surface area contributed by atoms with E-state index in [1.807, 2.05) is 6.07 Å². The van der Waals surface area contributed by atoms with E-state index < -0.39 is 0 Å². The van der Waals surface area contributed by atoms with Crippen LogP contribution in [0.2, 0.25) is 0 Å². The fourth-order valence-electron chi connectivity index (χ4n) is 4.62. The highest BCUT2D eigenvalue weighted by atomic mass is 16.5. The first-order valence-electron chi connectivity index (χ1n) is 9.64. The molecule has 0 bridgehead atoms. The molecule has 140 valence electrons. The third-order valence-corrected chi connectivity index (χ3v) is 5.76. The van der Waals surface area contributed by atoms with Crippen LogP contribution < -0.4 is 19.3 Å². The van der Waals surface area contributed by atoms with Crippen molar-refractivity contribution >= 4 is 0 Å². The summed E-state index contributed by atoms with van der Waals surface area (Å²) in [6.45, 7) is 10.2. The summed E-state index contributed by atoms with van der Waals surface area (Å²) in [4.78, 5) is 3.40. The van der Waals surface area contributed by atoms with Gasteiger partial charge in [0, 0.05) is 12.8 Å². The van der Waals surface area contributed by atoms with Gasteiger partial charge in [0.1, 0.15) is 31.8 Å². The number of hydrogen-bond donors (Lipinski definition) is 2. The molecule has 2 N–H and O–H groups in total. The minimum Gasteiger partial charge on any atom is -0.493 e. The zero-order valence-corrected chi connectivity index (χ0v) is 16.1. The molecule has 3 rings (SSSR count). The molecule has 1 aromatic carbocycles. The van der Waals surface area contributed by atoms with Gasteiger partial charge in [-0.1, -0.05) is 6.07 Å². The van der Waals surface area contributed by atoms with Gasteiger partial charge in [0.2, 0.25) is 0 Å². The molecule has 0 aromatic heterocycles. The first-order valence-corrected chi connectivity index (χ1v) is 9.64. The Kier molecular flexibility index (Phi) is 6.20. The Morgan fingerprint density at radius 3 is 2.32 bits per heavy atom. The Labute approximate surface area is 151 Å². The number of rotatable bonds is 5. The smallest absolute Gasteiger partial charge is 0.169 e. The molecule has 2 aliphatic rings. The van der Waals surface area contributed by atoms with Crippen LogP contribution in [0.3, 0.4) is 0 Å². The topological polar surface area (TPSA) is 36.6 Å². The Bertz CT molecular complexity index is 548. The second-order valence-corrected chi connectivity index (χ2v) is 7.68. The predicted octanol–water partition coefficient (Wildman–Crippen LogP) is -0.0568. The minimum absolute atomic E-state index is 0.394. The van der Waals surface area contributed by atoms with Gasteiger partial charge in [-0.2, -0.15) is 0 Å². The van der Waals surface area contributed by atoms with Gasteiger partial charge < -0.3 is 24.0 Å². The summed E-state index contributed by atoms with van der Waals surface area (Å²) in [5.74, 6) is 1.72. The molecule has 2 saturated heterocycles. The van der Waals surface area contributed by atoms with Crippen LogP contribution in [0.1, 0.15) is 32.3 Å². The molecular formula is C20H34N2O3+2. The maximum Gasteiger partial charge on any atom is 0.169 e. The van der Waals surface area contributed by atoms with E-state index in [4.69, 9.17) is 14.2 Å². The summed E-state index contributed by atoms with van der Waals surface area (Å²) in [5, 5.41) is 0. The van der Waals surface area contributed by atoms with Gasteiger partial charge in [-0.3, -0.25) is 0 Å². The number of methoxy groups -OCH3 is 2. The highest BCUT2D eigenvalue weighted by Crippen LogP contribution is 2.30. The van der Waals surface area contributed by atoms with Crippen molar-refractivity contribution in [1.29, 1.82) is 0 Å². The quantitative estimate of drug-likeness (QED) is 0.781. The molecule has 3 atom stereocenters. The van der Waals surface area contributed by atoms with Crippen molar-refractivity contribution in [2.75, 3.05) is 40.4 Å².